The van der Waals surface area contributed by atoms with Gasteiger partial charge in [-0.1, -0.05) is 35.1 Å². The lowest BCUT2D eigenvalue weighted by atomic mass is 10.1. The molecule has 5 nitrogen and oxygen atoms in total. The number of benzene rings is 2. The van der Waals surface area contributed by atoms with Crippen molar-refractivity contribution < 1.29 is 9.59 Å². The Bertz CT molecular complexity index is 1060. The third-order valence-electron chi connectivity index (χ3n) is 4.40. The zero-order chi connectivity index (χ0) is 19.6. The van der Waals surface area contributed by atoms with Crippen LogP contribution >= 0.6 is 11.3 Å². The Kier molecular flexibility index (Phi) is 5.56. The molecule has 27 heavy (non-hydrogen) atoms. The second-order valence-electron chi connectivity index (χ2n) is 6.58. The fraction of sp³-hybridized carbons (Fsp3) is 0.286. The van der Waals surface area contributed by atoms with Crippen LogP contribution < -0.4 is 10.1 Å². The van der Waals surface area contributed by atoms with Gasteiger partial charge >= 0.3 is 0 Å². The highest BCUT2D eigenvalue weighted by atomic mass is 32.1. The van der Waals surface area contributed by atoms with Crippen LogP contribution in [0.5, 0.6) is 0 Å². The molecule has 2 amide bonds. The number of nitrogens with zero attached hydrogens (tertiary/aromatic N) is 2. The summed E-state index contributed by atoms with van der Waals surface area (Å²) in [4.78, 5) is 30.0. The Morgan fingerprint density at radius 3 is 2.44 bits per heavy atom. The third-order valence-corrected chi connectivity index (χ3v) is 5.41. The van der Waals surface area contributed by atoms with Gasteiger partial charge in [-0.25, -0.2) is 0 Å². The molecule has 0 aliphatic carbocycles. The van der Waals surface area contributed by atoms with Crippen molar-refractivity contribution in [3.05, 3.63) is 64.0 Å². The van der Waals surface area contributed by atoms with Crippen LogP contribution in [0.25, 0.3) is 10.2 Å². The Balaban J connectivity index is 2.15. The monoisotopic (exact) mass is 381 g/mol. The van der Waals surface area contributed by atoms with Crippen molar-refractivity contribution in [1.82, 2.24) is 9.88 Å². The normalized spacial score (nSPS) is 13.0. The summed E-state index contributed by atoms with van der Waals surface area (Å²) in [5.74, 6) is -0.405. The molecule has 0 bridgehead atoms. The second-order valence-corrected chi connectivity index (χ2v) is 7.59. The van der Waals surface area contributed by atoms with Crippen molar-refractivity contribution in [2.45, 2.75) is 33.7 Å². The van der Waals surface area contributed by atoms with Crippen LogP contribution in [0.15, 0.2) is 47.5 Å². The Morgan fingerprint density at radius 1 is 1.11 bits per heavy atom. The Labute approximate surface area is 162 Å². The first kappa shape index (κ1) is 19.0. The summed E-state index contributed by atoms with van der Waals surface area (Å²) in [7, 11) is 0. The third kappa shape index (κ3) is 4.01. The van der Waals surface area contributed by atoms with Gasteiger partial charge in [0.1, 0.15) is 6.04 Å². The lowest BCUT2D eigenvalue weighted by molar-refractivity contribution is -0.123. The molecular formula is C21H23N3O2S. The van der Waals surface area contributed by atoms with E-state index in [2.05, 4.69) is 16.4 Å². The van der Waals surface area contributed by atoms with E-state index in [1.54, 1.807) is 12.1 Å². The molecule has 0 aliphatic rings. The van der Waals surface area contributed by atoms with Crippen molar-refractivity contribution in [3.63, 3.8) is 0 Å². The highest BCUT2D eigenvalue weighted by Gasteiger charge is 2.19. The number of aryl methyl sites for hydroxylation is 2. The molecule has 0 radical (unpaired) electrons. The summed E-state index contributed by atoms with van der Waals surface area (Å²) >= 11 is 1.42. The minimum atomic E-state index is -0.467. The van der Waals surface area contributed by atoms with Crippen LogP contribution in [-0.2, 0) is 4.79 Å². The molecule has 1 N–H and O–H groups in total. The number of hydrogen-bond donors (Lipinski definition) is 1. The van der Waals surface area contributed by atoms with Crippen molar-refractivity contribution in [3.8, 4) is 0 Å². The molecule has 1 heterocycles. The molecule has 3 aromatic rings. The predicted molar refractivity (Wildman–Crippen MR) is 109 cm³/mol. The first-order chi connectivity index (χ1) is 12.9. The highest BCUT2D eigenvalue weighted by Crippen LogP contribution is 2.22. The summed E-state index contributed by atoms with van der Waals surface area (Å²) in [5.41, 5.74) is 3.65. The number of hydrogen-bond acceptors (Lipinski definition) is 3. The number of fused-ring (bicyclic) bond motifs is 1. The van der Waals surface area contributed by atoms with Crippen LogP contribution in [0, 0.1) is 13.8 Å². The topological polar surface area (TPSA) is 63.5 Å². The van der Waals surface area contributed by atoms with E-state index in [1.165, 1.54) is 11.3 Å². The highest BCUT2D eigenvalue weighted by molar-refractivity contribution is 7.16. The zero-order valence-electron chi connectivity index (χ0n) is 15.9. The van der Waals surface area contributed by atoms with E-state index in [0.29, 0.717) is 16.9 Å². The van der Waals surface area contributed by atoms with Gasteiger partial charge in [-0.15, -0.1) is 0 Å². The standard InChI is InChI=1S/C21H23N3O2S/c1-5-22-19(25)15(4)24-17-11-8-14(3)12-18(17)27-21(24)23-20(26)16-9-6-13(2)7-10-16/h6-12,15H,5H2,1-4H3,(H,22,25). The number of likely N-dealkylation sites (N-methyl/N-ethyl adjacent to an activating group) is 1. The van der Waals surface area contributed by atoms with Gasteiger partial charge < -0.3 is 9.88 Å². The number of nitrogens with one attached hydrogen (secondary N) is 1. The molecule has 0 spiro atoms. The summed E-state index contributed by atoms with van der Waals surface area (Å²) in [6, 6.07) is 12.9. The van der Waals surface area contributed by atoms with Crippen LogP contribution in [0.3, 0.4) is 0 Å². The number of amides is 2. The molecule has 2 aromatic carbocycles. The smallest absolute Gasteiger partial charge is 0.279 e. The summed E-state index contributed by atoms with van der Waals surface area (Å²) in [6.07, 6.45) is 0. The lowest BCUT2D eigenvalue weighted by Gasteiger charge is -2.14. The van der Waals surface area contributed by atoms with Gasteiger partial charge in [0.2, 0.25) is 5.91 Å². The molecule has 1 unspecified atom stereocenters. The summed E-state index contributed by atoms with van der Waals surface area (Å²) in [5, 5.41) is 2.85. The maximum Gasteiger partial charge on any atom is 0.279 e. The van der Waals surface area contributed by atoms with Crippen molar-refractivity contribution in [1.29, 1.82) is 0 Å². The van der Waals surface area contributed by atoms with E-state index in [0.717, 1.165) is 21.3 Å². The molecule has 0 saturated carbocycles. The van der Waals surface area contributed by atoms with Gasteiger partial charge in [0.15, 0.2) is 4.80 Å². The first-order valence-corrected chi connectivity index (χ1v) is 9.77. The molecule has 1 aromatic heterocycles. The molecule has 3 rings (SSSR count). The molecule has 1 atom stereocenters. The van der Waals surface area contributed by atoms with Gasteiger partial charge in [-0.2, -0.15) is 4.99 Å². The van der Waals surface area contributed by atoms with Crippen LogP contribution in [0.1, 0.15) is 41.4 Å². The average molecular weight is 382 g/mol. The van der Waals surface area contributed by atoms with Crippen LogP contribution in [0.4, 0.5) is 0 Å². The van der Waals surface area contributed by atoms with Crippen molar-refractivity contribution in [2.75, 3.05) is 6.54 Å². The number of carbonyl (C=O) groups excluding carboxylic acids is 2. The van der Waals surface area contributed by atoms with Gasteiger partial charge in [-0.3, -0.25) is 9.59 Å². The van der Waals surface area contributed by atoms with E-state index < -0.39 is 6.04 Å². The molecule has 0 fully saturated rings. The minimum Gasteiger partial charge on any atom is -0.355 e. The lowest BCUT2D eigenvalue weighted by Crippen LogP contribution is -2.34. The minimum absolute atomic E-state index is 0.0954. The fourth-order valence-electron chi connectivity index (χ4n) is 2.89. The van der Waals surface area contributed by atoms with Crippen molar-refractivity contribution >= 4 is 33.4 Å². The van der Waals surface area contributed by atoms with E-state index in [9.17, 15) is 9.59 Å². The Morgan fingerprint density at radius 2 is 1.78 bits per heavy atom. The van der Waals surface area contributed by atoms with Gasteiger partial charge in [0, 0.05) is 12.1 Å². The van der Waals surface area contributed by atoms with Gasteiger partial charge in [0.25, 0.3) is 5.91 Å². The predicted octanol–water partition coefficient (Wildman–Crippen LogP) is 3.76. The number of thiazole rings is 1. The molecule has 6 heteroatoms. The second kappa shape index (κ2) is 7.88. The van der Waals surface area contributed by atoms with Crippen LogP contribution in [-0.4, -0.2) is 22.9 Å². The fourth-order valence-corrected chi connectivity index (χ4v) is 4.09. The van der Waals surface area contributed by atoms with Crippen molar-refractivity contribution in [2.24, 2.45) is 4.99 Å². The van der Waals surface area contributed by atoms with Crippen LogP contribution in [0.2, 0.25) is 0 Å². The van der Waals surface area contributed by atoms with E-state index in [-0.39, 0.29) is 11.8 Å². The summed E-state index contributed by atoms with van der Waals surface area (Å²) in [6.45, 7) is 8.26. The zero-order valence-corrected chi connectivity index (χ0v) is 16.8. The molecule has 0 aliphatic heterocycles. The van der Waals surface area contributed by atoms with Gasteiger partial charge in [0.05, 0.1) is 10.2 Å². The maximum atomic E-state index is 12.7. The molecular weight excluding hydrogens is 358 g/mol. The number of rotatable bonds is 4. The van der Waals surface area contributed by atoms with Gasteiger partial charge in [-0.05, 0) is 57.5 Å². The SMILES string of the molecule is CCNC(=O)C(C)n1c(=NC(=O)c2ccc(C)cc2)sc2cc(C)ccc21. The molecule has 0 saturated heterocycles. The average Bonchev–Trinajstić information content (AvgIpc) is 2.98. The first-order valence-electron chi connectivity index (χ1n) is 8.96. The largest absolute Gasteiger partial charge is 0.355 e. The maximum absolute atomic E-state index is 12.7. The quantitative estimate of drug-likeness (QED) is 0.748. The summed E-state index contributed by atoms with van der Waals surface area (Å²) < 4.78 is 2.85. The number of aromatic nitrogens is 1. The van der Waals surface area contributed by atoms with E-state index in [4.69, 9.17) is 0 Å². The molecule has 140 valence electrons. The number of carbonyl (C=O) groups is 2. The van der Waals surface area contributed by atoms with E-state index >= 15 is 0 Å². The van der Waals surface area contributed by atoms with E-state index in [1.807, 2.05) is 56.5 Å². The Hall–Kier alpha value is -2.73.